The first-order chi connectivity index (χ1) is 17.7. The number of carbonyl (C=O) groups excluding carboxylic acids is 2. The zero-order valence-electron chi connectivity index (χ0n) is 23.4. The van der Waals surface area contributed by atoms with Crippen LogP contribution in [0.2, 0.25) is 0 Å². The molecule has 2 rings (SSSR count). The second-order valence-corrected chi connectivity index (χ2v) is 12.2. The van der Waals surface area contributed by atoms with Crippen LogP contribution in [0.4, 0.5) is 4.79 Å². The minimum atomic E-state index is -3.89. The third kappa shape index (κ3) is 8.84. The molecule has 0 aromatic rings. The van der Waals surface area contributed by atoms with Crippen LogP contribution in [0.5, 0.6) is 0 Å². The van der Waals surface area contributed by atoms with Gasteiger partial charge in [-0.25, -0.2) is 14.9 Å². The van der Waals surface area contributed by atoms with Gasteiger partial charge in [-0.05, 0) is 48.0 Å². The lowest BCUT2D eigenvalue weighted by Gasteiger charge is -2.35. The number of nitrogens with one attached hydrogen (secondary N) is 3. The molecule has 0 bridgehead atoms. The van der Waals surface area contributed by atoms with Gasteiger partial charge < -0.3 is 35.3 Å². The number of rotatable bonds is 15. The molecule has 0 radical (unpaired) electrons. The molecule has 2 aliphatic heterocycles. The molecule has 1 saturated heterocycles. The van der Waals surface area contributed by atoms with Crippen LogP contribution < -0.4 is 21.5 Å². The highest BCUT2D eigenvalue weighted by Gasteiger charge is 2.45. The number of esters is 1. The topological polar surface area (TPSA) is 175 Å². The van der Waals surface area contributed by atoms with Gasteiger partial charge in [-0.2, -0.15) is 0 Å². The summed E-state index contributed by atoms with van der Waals surface area (Å²) in [6.07, 6.45) is 0.901. The zero-order valence-corrected chi connectivity index (χ0v) is 24.3. The molecule has 0 amide bonds. The SMILES string of the molecule is CCCCOC(=O)C(C)(C)NP(=O)(CO[C@H](C)CN1CNC2=C(N)NC=NC21C)OCOC(=O)OC(C)C. The number of aliphatic imine (C=N–C) groups is 1. The van der Waals surface area contributed by atoms with E-state index >= 15 is 0 Å². The van der Waals surface area contributed by atoms with Gasteiger partial charge in [0.1, 0.15) is 17.7 Å². The summed E-state index contributed by atoms with van der Waals surface area (Å²) in [7, 11) is -3.89. The van der Waals surface area contributed by atoms with E-state index < -0.39 is 56.2 Å². The van der Waals surface area contributed by atoms with E-state index in [0.29, 0.717) is 25.5 Å². The number of unbranched alkanes of at least 4 members (excludes halogenated alkanes) is 1. The maximum absolute atomic E-state index is 13.8. The van der Waals surface area contributed by atoms with Crippen LogP contribution in [-0.2, 0) is 32.8 Å². The number of hydrogen-bond acceptors (Lipinski definition) is 13. The summed E-state index contributed by atoms with van der Waals surface area (Å²) >= 11 is 0. The van der Waals surface area contributed by atoms with Gasteiger partial charge in [-0.15, -0.1) is 0 Å². The van der Waals surface area contributed by atoms with Gasteiger partial charge in [0.15, 0.2) is 5.66 Å². The Morgan fingerprint density at radius 1 is 1.32 bits per heavy atom. The van der Waals surface area contributed by atoms with Crippen molar-refractivity contribution in [3.05, 3.63) is 11.5 Å². The Kier molecular flexibility index (Phi) is 11.4. The molecule has 2 heterocycles. The number of hydrogen-bond donors (Lipinski definition) is 4. The molecule has 2 unspecified atom stereocenters. The van der Waals surface area contributed by atoms with Crippen molar-refractivity contribution < 1.29 is 37.6 Å². The number of nitrogens with two attached hydrogens (primary N) is 1. The molecule has 2 aliphatic rings. The van der Waals surface area contributed by atoms with Crippen LogP contribution in [-0.4, -0.2) is 79.7 Å². The molecule has 0 aromatic carbocycles. The first-order valence-corrected chi connectivity index (χ1v) is 14.5. The van der Waals surface area contributed by atoms with Gasteiger partial charge in [-0.1, -0.05) is 13.3 Å². The standard InChI is InChI=1S/C23H43N6O8P/c1-8-9-10-33-20(30)22(5,6)28-38(32,36-14-34-21(31)37-16(2)3)15-35-17(4)11-29-13-26-18-19(24)25-12-27-23(18,29)7/h12,16-17,26H,8-11,13-15,24H2,1-7H3,(H,25,27)(H,28,32)/t17-,23?,38?/m1/s1. The first kappa shape index (κ1) is 31.8. The average molecular weight is 563 g/mol. The van der Waals surface area contributed by atoms with Crippen molar-refractivity contribution in [2.24, 2.45) is 10.7 Å². The largest absolute Gasteiger partial charge is 0.510 e. The summed E-state index contributed by atoms with van der Waals surface area (Å²) in [4.78, 5) is 30.9. The lowest BCUT2D eigenvalue weighted by Crippen LogP contribution is -2.48. The number of carbonyl (C=O) groups is 2. The maximum Gasteiger partial charge on any atom is 0.510 e. The van der Waals surface area contributed by atoms with Crippen LogP contribution in [0.15, 0.2) is 16.5 Å². The summed E-state index contributed by atoms with van der Waals surface area (Å²) in [6, 6.07) is 0. The van der Waals surface area contributed by atoms with E-state index in [-0.39, 0.29) is 6.61 Å². The molecule has 3 atom stereocenters. The van der Waals surface area contributed by atoms with Crippen molar-refractivity contribution in [3.8, 4) is 0 Å². The van der Waals surface area contributed by atoms with Crippen LogP contribution in [0, 0.1) is 0 Å². The van der Waals surface area contributed by atoms with Crippen LogP contribution in [0.3, 0.4) is 0 Å². The molecule has 38 heavy (non-hydrogen) atoms. The molecule has 0 aliphatic carbocycles. The molecule has 5 N–H and O–H groups in total. The van der Waals surface area contributed by atoms with Crippen molar-refractivity contribution in [1.82, 2.24) is 20.6 Å². The van der Waals surface area contributed by atoms with E-state index in [1.165, 1.54) is 13.8 Å². The second-order valence-electron chi connectivity index (χ2n) is 10.1. The third-order valence-electron chi connectivity index (χ3n) is 5.81. The van der Waals surface area contributed by atoms with Crippen LogP contribution in [0.1, 0.15) is 61.3 Å². The summed E-state index contributed by atoms with van der Waals surface area (Å²) in [6.45, 7) is 12.6. The van der Waals surface area contributed by atoms with Gasteiger partial charge in [0.05, 0.1) is 37.5 Å². The Bertz CT molecular complexity index is 943. The molecule has 218 valence electrons. The monoisotopic (exact) mass is 562 g/mol. The summed E-state index contributed by atoms with van der Waals surface area (Å²) in [5.74, 6) is -0.107. The van der Waals surface area contributed by atoms with Crippen LogP contribution >= 0.6 is 7.52 Å². The fourth-order valence-electron chi connectivity index (χ4n) is 3.73. The van der Waals surface area contributed by atoms with Crippen molar-refractivity contribution in [3.63, 3.8) is 0 Å². The Morgan fingerprint density at radius 3 is 2.68 bits per heavy atom. The lowest BCUT2D eigenvalue weighted by atomic mass is 10.1. The zero-order chi connectivity index (χ0) is 28.6. The molecule has 1 fully saturated rings. The smallest absolute Gasteiger partial charge is 0.464 e. The lowest BCUT2D eigenvalue weighted by molar-refractivity contribution is -0.149. The molecule has 14 nitrogen and oxygen atoms in total. The highest BCUT2D eigenvalue weighted by atomic mass is 31.2. The predicted molar refractivity (Wildman–Crippen MR) is 141 cm³/mol. The van der Waals surface area contributed by atoms with Crippen LogP contribution in [0.25, 0.3) is 0 Å². The Morgan fingerprint density at radius 2 is 2.03 bits per heavy atom. The van der Waals surface area contributed by atoms with Gasteiger partial charge in [0.25, 0.3) is 7.52 Å². The van der Waals surface area contributed by atoms with E-state index in [2.05, 4.69) is 20.7 Å². The predicted octanol–water partition coefficient (Wildman–Crippen LogP) is 2.13. The fourth-order valence-corrected chi connectivity index (χ4v) is 5.55. The van der Waals surface area contributed by atoms with E-state index in [1.54, 1.807) is 20.2 Å². The molecule has 15 heteroatoms. The average Bonchev–Trinajstić information content (AvgIpc) is 3.14. The Balaban J connectivity index is 2.05. The third-order valence-corrected chi connectivity index (χ3v) is 7.72. The number of fused-ring (bicyclic) bond motifs is 1. The van der Waals surface area contributed by atoms with E-state index in [4.69, 9.17) is 29.2 Å². The quantitative estimate of drug-likeness (QED) is 0.0989. The molecule has 0 saturated carbocycles. The minimum absolute atomic E-state index is 0.241. The van der Waals surface area contributed by atoms with E-state index in [1.807, 2.05) is 25.7 Å². The molecule has 0 spiro atoms. The highest BCUT2D eigenvalue weighted by Crippen LogP contribution is 2.45. The van der Waals surface area contributed by atoms with Gasteiger partial charge in [0.2, 0.25) is 6.79 Å². The Labute approximate surface area is 224 Å². The number of ether oxygens (including phenoxy) is 4. The summed E-state index contributed by atoms with van der Waals surface area (Å²) < 4.78 is 40.2. The van der Waals surface area contributed by atoms with Crippen molar-refractivity contribution in [1.29, 1.82) is 0 Å². The van der Waals surface area contributed by atoms with Crippen molar-refractivity contribution >= 4 is 26.0 Å². The summed E-state index contributed by atoms with van der Waals surface area (Å²) in [5.41, 5.74) is 4.74. The van der Waals surface area contributed by atoms with Crippen molar-refractivity contribution in [2.45, 2.75) is 84.7 Å². The minimum Gasteiger partial charge on any atom is -0.464 e. The molecular formula is C23H43N6O8P. The summed E-state index contributed by atoms with van der Waals surface area (Å²) in [5, 5.41) is 8.86. The first-order valence-electron chi connectivity index (χ1n) is 12.7. The van der Waals surface area contributed by atoms with E-state index in [0.717, 1.165) is 12.1 Å². The van der Waals surface area contributed by atoms with Gasteiger partial charge >= 0.3 is 12.1 Å². The van der Waals surface area contributed by atoms with Gasteiger partial charge in [-0.3, -0.25) is 18.8 Å². The normalized spacial score (nSPS) is 21.8. The molecule has 0 aromatic heterocycles. The highest BCUT2D eigenvalue weighted by molar-refractivity contribution is 7.56. The Hall–Kier alpha value is -2.38. The van der Waals surface area contributed by atoms with Gasteiger partial charge in [0, 0.05) is 6.54 Å². The second kappa shape index (κ2) is 13.6. The molecular weight excluding hydrogens is 519 g/mol. The fraction of sp³-hybridized carbons (Fsp3) is 0.783. The van der Waals surface area contributed by atoms with E-state index in [9.17, 15) is 14.2 Å². The maximum atomic E-state index is 13.8. The number of nitrogens with zero attached hydrogens (tertiary/aromatic N) is 2. The van der Waals surface area contributed by atoms with Crippen molar-refractivity contribution in [2.75, 3.05) is 33.0 Å².